The van der Waals surface area contributed by atoms with E-state index in [0.717, 1.165) is 12.3 Å². The molecule has 3 atom stereocenters. The number of anilines is 1. The third kappa shape index (κ3) is 4.38. The van der Waals surface area contributed by atoms with Crippen molar-refractivity contribution in [2.24, 2.45) is 17.8 Å². The first-order valence-corrected chi connectivity index (χ1v) is 8.82. The van der Waals surface area contributed by atoms with Crippen molar-refractivity contribution in [1.82, 2.24) is 5.32 Å². The summed E-state index contributed by atoms with van der Waals surface area (Å²) in [6.07, 6.45) is 5.32. The zero-order valence-electron chi connectivity index (χ0n) is 14.4. The molecule has 0 unspecified atom stereocenters. The minimum Gasteiger partial charge on any atom is -0.456 e. The smallest absolute Gasteiger partial charge is 0.306 e. The van der Waals surface area contributed by atoms with Gasteiger partial charge in [-0.2, -0.15) is 0 Å². The van der Waals surface area contributed by atoms with Crippen LogP contribution in [0.15, 0.2) is 24.3 Å². The number of esters is 1. The second kappa shape index (κ2) is 7.68. The van der Waals surface area contributed by atoms with Crippen molar-refractivity contribution in [3.05, 3.63) is 29.8 Å². The maximum Gasteiger partial charge on any atom is 0.306 e. The number of fused-ring (bicyclic) bond motifs is 2. The van der Waals surface area contributed by atoms with Crippen LogP contribution in [0.25, 0.3) is 0 Å². The van der Waals surface area contributed by atoms with E-state index in [9.17, 15) is 14.4 Å². The van der Waals surface area contributed by atoms with E-state index < -0.39 is 5.91 Å². The fraction of sp³-hybridized carbons (Fsp3) is 0.526. The lowest BCUT2D eigenvalue weighted by Gasteiger charge is -2.20. The summed E-state index contributed by atoms with van der Waals surface area (Å²) in [5, 5.41) is 5.17. The second-order valence-electron chi connectivity index (χ2n) is 7.01. The zero-order valence-corrected chi connectivity index (χ0v) is 14.4. The summed E-state index contributed by atoms with van der Waals surface area (Å²) in [4.78, 5) is 35.5. The molecule has 1 aromatic rings. The molecule has 3 rings (SSSR count). The predicted molar refractivity (Wildman–Crippen MR) is 93.0 cm³/mol. The highest BCUT2D eigenvalue weighted by molar-refractivity contribution is 5.97. The van der Waals surface area contributed by atoms with Gasteiger partial charge in [-0.1, -0.05) is 12.5 Å². The first kappa shape index (κ1) is 17.5. The van der Waals surface area contributed by atoms with E-state index in [4.69, 9.17) is 4.74 Å². The van der Waals surface area contributed by atoms with Gasteiger partial charge in [0.15, 0.2) is 6.61 Å². The highest BCUT2D eigenvalue weighted by Gasteiger charge is 2.40. The molecule has 0 aliphatic heterocycles. The van der Waals surface area contributed by atoms with E-state index in [-0.39, 0.29) is 18.5 Å². The van der Waals surface area contributed by atoms with Gasteiger partial charge in [-0.15, -0.1) is 0 Å². The topological polar surface area (TPSA) is 84.5 Å². The Morgan fingerprint density at radius 3 is 2.72 bits per heavy atom. The average molecular weight is 344 g/mol. The summed E-state index contributed by atoms with van der Waals surface area (Å²) in [5.41, 5.74) is 0.948. The van der Waals surface area contributed by atoms with Gasteiger partial charge in [-0.05, 0) is 55.2 Å². The number of hydrogen-bond acceptors (Lipinski definition) is 4. The van der Waals surface area contributed by atoms with Gasteiger partial charge in [0, 0.05) is 24.7 Å². The molecule has 6 nitrogen and oxygen atoms in total. The van der Waals surface area contributed by atoms with Crippen LogP contribution >= 0.6 is 0 Å². The van der Waals surface area contributed by atoms with E-state index in [1.165, 1.54) is 19.3 Å². The number of ether oxygens (including phenoxy) is 1. The Morgan fingerprint density at radius 2 is 2.04 bits per heavy atom. The van der Waals surface area contributed by atoms with Crippen LogP contribution in [-0.2, 0) is 14.3 Å². The van der Waals surface area contributed by atoms with Gasteiger partial charge >= 0.3 is 5.97 Å². The highest BCUT2D eigenvalue weighted by Crippen LogP contribution is 2.49. The van der Waals surface area contributed by atoms with E-state index in [0.29, 0.717) is 29.5 Å². The quantitative estimate of drug-likeness (QED) is 0.776. The Hall–Kier alpha value is -2.37. The molecule has 0 aromatic heterocycles. The standard InChI is InChI=1S/C19H24N2O4/c1-20-19(24)14-3-2-4-16(9-14)21-17(22)11-25-18(23)10-15-8-12-5-6-13(15)7-12/h2-4,9,12-13,15H,5-8,10-11H2,1H3,(H,20,24)(H,21,22)/t12-,13-,15+/m1/s1. The van der Waals surface area contributed by atoms with Gasteiger partial charge < -0.3 is 15.4 Å². The third-order valence-corrected chi connectivity index (χ3v) is 5.31. The Balaban J connectivity index is 1.43. The summed E-state index contributed by atoms with van der Waals surface area (Å²) in [6, 6.07) is 6.60. The zero-order chi connectivity index (χ0) is 17.8. The van der Waals surface area contributed by atoms with Crippen LogP contribution in [0.5, 0.6) is 0 Å². The Morgan fingerprint density at radius 1 is 1.20 bits per heavy atom. The van der Waals surface area contributed by atoms with E-state index in [1.54, 1.807) is 31.3 Å². The average Bonchev–Trinajstić information content (AvgIpc) is 3.22. The fourth-order valence-corrected chi connectivity index (χ4v) is 4.13. The number of benzene rings is 1. The van der Waals surface area contributed by atoms with E-state index >= 15 is 0 Å². The lowest BCUT2D eigenvalue weighted by atomic mass is 9.86. The van der Waals surface area contributed by atoms with E-state index in [2.05, 4.69) is 10.6 Å². The Bertz CT molecular complexity index is 673. The van der Waals surface area contributed by atoms with Crippen molar-refractivity contribution in [2.75, 3.05) is 19.0 Å². The van der Waals surface area contributed by atoms with Crippen LogP contribution in [0.2, 0.25) is 0 Å². The maximum atomic E-state index is 12.0. The summed E-state index contributed by atoms with van der Waals surface area (Å²) >= 11 is 0. The molecule has 2 aliphatic rings. The molecule has 2 aliphatic carbocycles. The molecule has 2 amide bonds. The molecule has 0 spiro atoms. The third-order valence-electron chi connectivity index (χ3n) is 5.31. The summed E-state index contributed by atoms with van der Waals surface area (Å²) in [5.74, 6) is 0.951. The molecule has 1 aromatic carbocycles. The lowest BCUT2D eigenvalue weighted by molar-refractivity contribution is -0.148. The molecule has 6 heteroatoms. The summed E-state index contributed by atoms with van der Waals surface area (Å²) in [6.45, 7) is -0.302. The number of carbonyl (C=O) groups is 3. The lowest BCUT2D eigenvalue weighted by Crippen LogP contribution is -2.23. The number of carbonyl (C=O) groups excluding carboxylic acids is 3. The fourth-order valence-electron chi connectivity index (χ4n) is 4.13. The number of amides is 2. The maximum absolute atomic E-state index is 12.0. The Kier molecular flexibility index (Phi) is 5.36. The van der Waals surface area contributed by atoms with Crippen LogP contribution in [0, 0.1) is 17.8 Å². The largest absolute Gasteiger partial charge is 0.456 e. The van der Waals surface area contributed by atoms with Crippen molar-refractivity contribution >= 4 is 23.5 Å². The molecule has 0 heterocycles. The highest BCUT2D eigenvalue weighted by atomic mass is 16.5. The molecule has 25 heavy (non-hydrogen) atoms. The van der Waals surface area contributed by atoms with Crippen LogP contribution in [0.4, 0.5) is 5.69 Å². The Labute approximate surface area is 147 Å². The van der Waals surface area contributed by atoms with Gasteiger partial charge in [0.2, 0.25) is 0 Å². The minimum absolute atomic E-state index is 0.228. The van der Waals surface area contributed by atoms with Crippen LogP contribution < -0.4 is 10.6 Å². The number of hydrogen-bond donors (Lipinski definition) is 2. The van der Waals surface area contributed by atoms with Gasteiger partial charge in [0.25, 0.3) is 11.8 Å². The molecular formula is C19H24N2O4. The second-order valence-corrected chi connectivity index (χ2v) is 7.01. The first-order valence-electron chi connectivity index (χ1n) is 8.82. The molecule has 134 valence electrons. The predicted octanol–water partition coefficient (Wildman–Crippen LogP) is 2.35. The van der Waals surface area contributed by atoms with E-state index in [1.807, 2.05) is 0 Å². The summed E-state index contributed by atoms with van der Waals surface area (Å²) < 4.78 is 5.11. The monoisotopic (exact) mass is 344 g/mol. The van der Waals surface area contributed by atoms with Gasteiger partial charge in [0.05, 0.1) is 0 Å². The number of nitrogens with one attached hydrogen (secondary N) is 2. The molecule has 2 N–H and O–H groups in total. The molecule has 0 radical (unpaired) electrons. The van der Waals surface area contributed by atoms with Crippen LogP contribution in [0.3, 0.4) is 0 Å². The van der Waals surface area contributed by atoms with Crippen molar-refractivity contribution in [2.45, 2.75) is 32.1 Å². The normalized spacial score (nSPS) is 24.0. The first-order chi connectivity index (χ1) is 12.0. The van der Waals surface area contributed by atoms with Crippen molar-refractivity contribution in [3.8, 4) is 0 Å². The molecule has 2 saturated carbocycles. The van der Waals surface area contributed by atoms with Gasteiger partial charge in [-0.25, -0.2) is 0 Å². The minimum atomic E-state index is -0.407. The van der Waals surface area contributed by atoms with Gasteiger partial charge in [0.1, 0.15) is 0 Å². The number of rotatable bonds is 6. The summed E-state index contributed by atoms with van der Waals surface area (Å²) in [7, 11) is 1.54. The van der Waals surface area contributed by atoms with Crippen molar-refractivity contribution < 1.29 is 19.1 Å². The van der Waals surface area contributed by atoms with Crippen molar-refractivity contribution in [3.63, 3.8) is 0 Å². The van der Waals surface area contributed by atoms with Crippen LogP contribution in [0.1, 0.15) is 42.5 Å². The molecule has 2 bridgehead atoms. The van der Waals surface area contributed by atoms with Crippen LogP contribution in [-0.4, -0.2) is 31.4 Å². The van der Waals surface area contributed by atoms with Crippen molar-refractivity contribution in [1.29, 1.82) is 0 Å². The SMILES string of the molecule is CNC(=O)c1cccc(NC(=O)COC(=O)C[C@@H]2C[C@@H]3CC[C@@H]2C3)c1. The molecule has 2 fully saturated rings. The molecule has 0 saturated heterocycles. The molecular weight excluding hydrogens is 320 g/mol. The van der Waals surface area contributed by atoms with Gasteiger partial charge in [-0.3, -0.25) is 14.4 Å².